The van der Waals surface area contributed by atoms with E-state index < -0.39 is 0 Å². The van der Waals surface area contributed by atoms with Crippen molar-refractivity contribution in [3.8, 4) is 0 Å². The molecule has 35 heavy (non-hydrogen) atoms. The SMILES string of the molecule is CN(CCNC(=O)c1cccc([C@H]2CCCN(C(=O)Nc3ccc(Cl)cc3)C2)c1)C1CCCCC1. The molecule has 2 aliphatic rings. The smallest absolute Gasteiger partial charge is 0.321 e. The Morgan fingerprint density at radius 3 is 2.57 bits per heavy atom. The van der Waals surface area contributed by atoms with Crippen molar-refractivity contribution in [3.05, 3.63) is 64.7 Å². The van der Waals surface area contributed by atoms with Crippen LogP contribution in [0, 0.1) is 0 Å². The van der Waals surface area contributed by atoms with Crippen LogP contribution >= 0.6 is 11.6 Å². The Hall–Kier alpha value is -2.57. The van der Waals surface area contributed by atoms with Crippen molar-refractivity contribution in [3.63, 3.8) is 0 Å². The quantitative estimate of drug-likeness (QED) is 0.513. The summed E-state index contributed by atoms with van der Waals surface area (Å²) in [6.45, 7) is 2.88. The van der Waals surface area contributed by atoms with Crippen LogP contribution in [-0.2, 0) is 0 Å². The fourth-order valence-electron chi connectivity index (χ4n) is 5.26. The average Bonchev–Trinajstić information content (AvgIpc) is 2.90. The van der Waals surface area contributed by atoms with E-state index in [9.17, 15) is 9.59 Å². The van der Waals surface area contributed by atoms with Gasteiger partial charge in [0.1, 0.15) is 0 Å². The van der Waals surface area contributed by atoms with Gasteiger partial charge in [-0.25, -0.2) is 4.79 Å². The van der Waals surface area contributed by atoms with E-state index in [-0.39, 0.29) is 17.9 Å². The standard InChI is InChI=1S/C28H37ClN4O2/c1-32(26-10-3-2-4-11-26)18-16-30-27(34)22-8-5-7-21(19-22)23-9-6-17-33(20-23)28(35)31-25-14-12-24(29)13-15-25/h5,7-8,12-15,19,23,26H,2-4,6,9-11,16-18,20H2,1H3,(H,30,34)(H,31,35)/t23-/m0/s1. The number of likely N-dealkylation sites (N-methyl/N-ethyl adjacent to an activating group) is 1. The van der Waals surface area contributed by atoms with Crippen molar-refractivity contribution in [2.45, 2.75) is 56.9 Å². The number of nitrogens with one attached hydrogen (secondary N) is 2. The highest BCUT2D eigenvalue weighted by Crippen LogP contribution is 2.28. The molecule has 0 bridgehead atoms. The second kappa shape index (κ2) is 12.4. The summed E-state index contributed by atoms with van der Waals surface area (Å²) in [6.07, 6.45) is 8.45. The summed E-state index contributed by atoms with van der Waals surface area (Å²) in [5.41, 5.74) is 2.53. The molecule has 2 N–H and O–H groups in total. The fourth-order valence-corrected chi connectivity index (χ4v) is 5.38. The first-order valence-electron chi connectivity index (χ1n) is 12.9. The summed E-state index contributed by atoms with van der Waals surface area (Å²) in [5.74, 6) is 0.182. The number of nitrogens with zero attached hydrogens (tertiary/aromatic N) is 2. The second-order valence-corrected chi connectivity index (χ2v) is 10.3. The van der Waals surface area contributed by atoms with E-state index in [0.29, 0.717) is 29.7 Å². The molecular weight excluding hydrogens is 460 g/mol. The average molecular weight is 497 g/mol. The largest absolute Gasteiger partial charge is 0.351 e. The van der Waals surface area contributed by atoms with Gasteiger partial charge in [0.05, 0.1) is 0 Å². The van der Waals surface area contributed by atoms with Crippen LogP contribution in [0.25, 0.3) is 0 Å². The molecule has 2 aromatic carbocycles. The summed E-state index contributed by atoms with van der Waals surface area (Å²) >= 11 is 5.94. The third kappa shape index (κ3) is 7.21. The predicted molar refractivity (Wildman–Crippen MR) is 142 cm³/mol. The highest BCUT2D eigenvalue weighted by Gasteiger charge is 2.25. The molecular formula is C28H37ClN4O2. The lowest BCUT2D eigenvalue weighted by Gasteiger charge is -2.33. The number of amides is 3. The maximum atomic E-state index is 12.8. The predicted octanol–water partition coefficient (Wildman–Crippen LogP) is 5.75. The van der Waals surface area contributed by atoms with E-state index in [0.717, 1.165) is 37.2 Å². The number of rotatable bonds is 7. The number of likely N-dealkylation sites (tertiary alicyclic amines) is 1. The van der Waals surface area contributed by atoms with Gasteiger partial charge in [-0.05, 0) is 74.7 Å². The van der Waals surface area contributed by atoms with E-state index in [1.807, 2.05) is 23.1 Å². The molecule has 0 spiro atoms. The lowest BCUT2D eigenvalue weighted by molar-refractivity contribution is 0.0944. The maximum Gasteiger partial charge on any atom is 0.321 e. The minimum atomic E-state index is -0.104. The Labute approximate surface area is 214 Å². The number of urea groups is 1. The van der Waals surface area contributed by atoms with Crippen LogP contribution in [-0.4, -0.2) is 61.0 Å². The molecule has 1 heterocycles. The molecule has 0 aromatic heterocycles. The maximum absolute atomic E-state index is 12.8. The third-order valence-corrected chi connectivity index (χ3v) is 7.62. The summed E-state index contributed by atoms with van der Waals surface area (Å²) in [6, 6.07) is 15.6. The van der Waals surface area contributed by atoms with Gasteiger partial charge < -0.3 is 20.4 Å². The van der Waals surface area contributed by atoms with Gasteiger partial charge in [-0.3, -0.25) is 4.79 Å². The van der Waals surface area contributed by atoms with Crippen LogP contribution in [0.1, 0.15) is 66.8 Å². The Balaban J connectivity index is 1.29. The number of hydrogen-bond donors (Lipinski definition) is 2. The van der Waals surface area contributed by atoms with Crippen molar-refractivity contribution < 1.29 is 9.59 Å². The molecule has 3 amide bonds. The molecule has 188 valence electrons. The summed E-state index contributed by atoms with van der Waals surface area (Å²) in [4.78, 5) is 29.9. The molecule has 7 heteroatoms. The van der Waals surface area contributed by atoms with Crippen LogP contribution in [0.3, 0.4) is 0 Å². The van der Waals surface area contributed by atoms with E-state index in [4.69, 9.17) is 11.6 Å². The van der Waals surface area contributed by atoms with Crippen LogP contribution in [0.15, 0.2) is 48.5 Å². The molecule has 1 aliphatic carbocycles. The van der Waals surface area contributed by atoms with E-state index in [1.54, 1.807) is 24.3 Å². The normalized spacial score (nSPS) is 18.9. The number of hydrogen-bond acceptors (Lipinski definition) is 3. The summed E-state index contributed by atoms with van der Waals surface area (Å²) in [7, 11) is 2.17. The van der Waals surface area contributed by atoms with Gasteiger partial charge in [0.15, 0.2) is 0 Å². The van der Waals surface area contributed by atoms with Crippen LogP contribution in [0.4, 0.5) is 10.5 Å². The van der Waals surface area contributed by atoms with Crippen molar-refractivity contribution in [2.75, 3.05) is 38.5 Å². The monoisotopic (exact) mass is 496 g/mol. The topological polar surface area (TPSA) is 64.7 Å². The van der Waals surface area contributed by atoms with E-state index in [2.05, 4.69) is 28.6 Å². The Morgan fingerprint density at radius 1 is 1.03 bits per heavy atom. The number of anilines is 1. The second-order valence-electron chi connectivity index (χ2n) is 9.88. The van der Waals surface area contributed by atoms with Gasteiger partial charge >= 0.3 is 6.03 Å². The number of piperidine rings is 1. The molecule has 2 fully saturated rings. The van der Waals surface area contributed by atoms with Gasteiger partial charge in [0.25, 0.3) is 5.91 Å². The number of carbonyl (C=O) groups excluding carboxylic acids is 2. The van der Waals surface area contributed by atoms with Crippen molar-refractivity contribution in [1.29, 1.82) is 0 Å². The minimum absolute atomic E-state index is 0.0305. The number of benzene rings is 2. The number of halogens is 1. The molecule has 1 aliphatic heterocycles. The van der Waals surface area contributed by atoms with Gasteiger partial charge in [-0.15, -0.1) is 0 Å². The van der Waals surface area contributed by atoms with Gasteiger partial charge in [-0.2, -0.15) is 0 Å². The molecule has 1 saturated heterocycles. The van der Waals surface area contributed by atoms with Crippen molar-refractivity contribution in [2.24, 2.45) is 0 Å². The fraction of sp³-hybridized carbons (Fsp3) is 0.500. The van der Waals surface area contributed by atoms with Gasteiger partial charge in [-0.1, -0.05) is 43.0 Å². The Bertz CT molecular complexity index is 991. The summed E-state index contributed by atoms with van der Waals surface area (Å²) < 4.78 is 0. The lowest BCUT2D eigenvalue weighted by atomic mass is 9.89. The molecule has 0 radical (unpaired) electrons. The Kier molecular flexibility index (Phi) is 9.05. The molecule has 6 nitrogen and oxygen atoms in total. The van der Waals surface area contributed by atoms with Crippen molar-refractivity contribution >= 4 is 29.2 Å². The first kappa shape index (κ1) is 25.5. The van der Waals surface area contributed by atoms with Gasteiger partial charge in [0.2, 0.25) is 0 Å². The van der Waals surface area contributed by atoms with Crippen molar-refractivity contribution in [1.82, 2.24) is 15.1 Å². The van der Waals surface area contributed by atoms with E-state index in [1.165, 1.54) is 32.1 Å². The molecule has 1 saturated carbocycles. The molecule has 0 unspecified atom stereocenters. The first-order chi connectivity index (χ1) is 17.0. The zero-order valence-corrected chi connectivity index (χ0v) is 21.4. The molecule has 4 rings (SSSR count). The zero-order chi connectivity index (χ0) is 24.6. The zero-order valence-electron chi connectivity index (χ0n) is 20.6. The van der Waals surface area contributed by atoms with E-state index >= 15 is 0 Å². The molecule has 2 aromatic rings. The highest BCUT2D eigenvalue weighted by molar-refractivity contribution is 6.30. The van der Waals surface area contributed by atoms with Crippen LogP contribution < -0.4 is 10.6 Å². The number of carbonyl (C=O) groups is 2. The summed E-state index contributed by atoms with van der Waals surface area (Å²) in [5, 5.41) is 6.69. The van der Waals surface area contributed by atoms with Crippen LogP contribution in [0.5, 0.6) is 0 Å². The minimum Gasteiger partial charge on any atom is -0.351 e. The Morgan fingerprint density at radius 2 is 1.80 bits per heavy atom. The molecule has 1 atom stereocenters. The lowest BCUT2D eigenvalue weighted by Crippen LogP contribution is -2.41. The highest BCUT2D eigenvalue weighted by atomic mass is 35.5. The van der Waals surface area contributed by atoms with Gasteiger partial charge in [0, 0.05) is 54.4 Å². The van der Waals surface area contributed by atoms with Crippen LogP contribution in [0.2, 0.25) is 5.02 Å². The third-order valence-electron chi connectivity index (χ3n) is 7.37. The first-order valence-corrected chi connectivity index (χ1v) is 13.3.